The van der Waals surface area contributed by atoms with Crippen LogP contribution in [0.2, 0.25) is 0 Å². The predicted molar refractivity (Wildman–Crippen MR) is 92.3 cm³/mol. The number of benzene rings is 1. The standard InChI is InChI=1S/C19H18N4O2/c24-13-23-12-2-1-3-17(23)14-4-6-16(7-5-14)19-21-18(22-25-19)15-8-10-20-11-9-15/h4-11,13,17H,1-3,12H2. The maximum atomic E-state index is 11.3. The van der Waals surface area contributed by atoms with E-state index in [1.54, 1.807) is 12.4 Å². The zero-order valence-corrected chi connectivity index (χ0v) is 13.7. The summed E-state index contributed by atoms with van der Waals surface area (Å²) < 4.78 is 5.38. The van der Waals surface area contributed by atoms with E-state index in [1.807, 2.05) is 41.3 Å². The summed E-state index contributed by atoms with van der Waals surface area (Å²) in [6.45, 7) is 0.828. The Bertz CT molecular complexity index is 845. The highest BCUT2D eigenvalue weighted by Crippen LogP contribution is 2.31. The van der Waals surface area contributed by atoms with Gasteiger partial charge in [0.05, 0.1) is 6.04 Å². The van der Waals surface area contributed by atoms with Crippen LogP contribution in [-0.4, -0.2) is 33.0 Å². The fraction of sp³-hybridized carbons (Fsp3) is 0.263. The van der Waals surface area contributed by atoms with E-state index in [0.29, 0.717) is 11.7 Å². The average molecular weight is 334 g/mol. The topological polar surface area (TPSA) is 72.1 Å². The van der Waals surface area contributed by atoms with Gasteiger partial charge in [-0.05, 0) is 49.1 Å². The van der Waals surface area contributed by atoms with Gasteiger partial charge in [-0.3, -0.25) is 9.78 Å². The minimum absolute atomic E-state index is 0.162. The smallest absolute Gasteiger partial charge is 0.258 e. The van der Waals surface area contributed by atoms with Crippen molar-refractivity contribution in [3.63, 3.8) is 0 Å². The first-order valence-corrected chi connectivity index (χ1v) is 8.40. The van der Waals surface area contributed by atoms with E-state index >= 15 is 0 Å². The van der Waals surface area contributed by atoms with Crippen LogP contribution in [0.3, 0.4) is 0 Å². The van der Waals surface area contributed by atoms with Crippen LogP contribution in [0.1, 0.15) is 30.9 Å². The monoisotopic (exact) mass is 334 g/mol. The van der Waals surface area contributed by atoms with Crippen molar-refractivity contribution in [1.29, 1.82) is 0 Å². The number of piperidine rings is 1. The molecule has 0 N–H and O–H groups in total. The number of hydrogen-bond acceptors (Lipinski definition) is 5. The van der Waals surface area contributed by atoms with Crippen LogP contribution in [0.4, 0.5) is 0 Å². The van der Waals surface area contributed by atoms with Crippen molar-refractivity contribution in [2.24, 2.45) is 0 Å². The molecule has 1 fully saturated rings. The first kappa shape index (κ1) is 15.5. The van der Waals surface area contributed by atoms with Crippen molar-refractivity contribution in [3.8, 4) is 22.8 Å². The molecule has 1 saturated heterocycles. The van der Waals surface area contributed by atoms with Crippen LogP contribution >= 0.6 is 0 Å². The molecule has 0 saturated carbocycles. The van der Waals surface area contributed by atoms with E-state index in [2.05, 4.69) is 15.1 Å². The summed E-state index contributed by atoms with van der Waals surface area (Å²) in [6, 6.07) is 11.9. The second kappa shape index (κ2) is 6.84. The molecule has 1 aliphatic rings. The Morgan fingerprint density at radius 3 is 2.60 bits per heavy atom. The molecule has 0 aliphatic carbocycles. The number of hydrogen-bond donors (Lipinski definition) is 0. The summed E-state index contributed by atoms with van der Waals surface area (Å²) in [5.41, 5.74) is 2.87. The van der Waals surface area contributed by atoms with Gasteiger partial charge in [-0.15, -0.1) is 0 Å². The molecule has 3 aromatic rings. The Kier molecular flexibility index (Phi) is 4.24. The number of likely N-dealkylation sites (tertiary alicyclic amines) is 1. The Hall–Kier alpha value is -3.02. The van der Waals surface area contributed by atoms with Gasteiger partial charge < -0.3 is 9.42 Å². The molecule has 1 aromatic carbocycles. The number of amides is 1. The lowest BCUT2D eigenvalue weighted by molar-refractivity contribution is -0.121. The van der Waals surface area contributed by atoms with E-state index in [1.165, 1.54) is 0 Å². The van der Waals surface area contributed by atoms with Gasteiger partial charge in [-0.1, -0.05) is 17.3 Å². The summed E-state index contributed by atoms with van der Waals surface area (Å²) in [6.07, 6.45) is 7.58. The molecule has 1 unspecified atom stereocenters. The zero-order valence-electron chi connectivity index (χ0n) is 13.7. The second-order valence-corrected chi connectivity index (χ2v) is 6.14. The first-order valence-electron chi connectivity index (χ1n) is 8.40. The predicted octanol–water partition coefficient (Wildman–Crippen LogP) is 3.48. The molecule has 0 spiro atoms. The molecule has 4 rings (SSSR count). The third kappa shape index (κ3) is 3.15. The molecular formula is C19H18N4O2. The maximum absolute atomic E-state index is 11.3. The quantitative estimate of drug-likeness (QED) is 0.683. The second-order valence-electron chi connectivity index (χ2n) is 6.14. The summed E-state index contributed by atoms with van der Waals surface area (Å²) in [5, 5.41) is 4.03. The summed E-state index contributed by atoms with van der Waals surface area (Å²) in [4.78, 5) is 21.6. The van der Waals surface area contributed by atoms with Crippen molar-refractivity contribution < 1.29 is 9.32 Å². The van der Waals surface area contributed by atoms with Crippen LogP contribution in [0, 0.1) is 0 Å². The third-order valence-electron chi connectivity index (χ3n) is 4.59. The van der Waals surface area contributed by atoms with Gasteiger partial charge in [0, 0.05) is 30.1 Å². The van der Waals surface area contributed by atoms with Crippen LogP contribution in [-0.2, 0) is 4.79 Å². The molecule has 0 radical (unpaired) electrons. The molecular weight excluding hydrogens is 316 g/mol. The first-order chi connectivity index (χ1) is 12.3. The van der Waals surface area contributed by atoms with Gasteiger partial charge in [0.2, 0.25) is 12.2 Å². The highest BCUT2D eigenvalue weighted by Gasteiger charge is 2.22. The minimum Gasteiger partial charge on any atom is -0.338 e. The van der Waals surface area contributed by atoms with Crippen LogP contribution in [0.25, 0.3) is 22.8 Å². The zero-order chi connectivity index (χ0) is 17.1. The van der Waals surface area contributed by atoms with Crippen molar-refractivity contribution in [2.75, 3.05) is 6.54 Å². The lowest BCUT2D eigenvalue weighted by Crippen LogP contribution is -2.32. The van der Waals surface area contributed by atoms with Crippen molar-refractivity contribution >= 4 is 6.41 Å². The molecule has 126 valence electrons. The van der Waals surface area contributed by atoms with Gasteiger partial charge in [0.1, 0.15) is 0 Å². The summed E-state index contributed by atoms with van der Waals surface area (Å²) >= 11 is 0. The van der Waals surface area contributed by atoms with E-state index in [9.17, 15) is 4.79 Å². The fourth-order valence-electron chi connectivity index (χ4n) is 3.24. The lowest BCUT2D eigenvalue weighted by Gasteiger charge is -2.33. The lowest BCUT2D eigenvalue weighted by atomic mass is 9.95. The van der Waals surface area contributed by atoms with Gasteiger partial charge in [-0.25, -0.2) is 0 Å². The number of pyridine rings is 1. The van der Waals surface area contributed by atoms with Crippen molar-refractivity contribution in [2.45, 2.75) is 25.3 Å². The van der Waals surface area contributed by atoms with Crippen molar-refractivity contribution in [1.82, 2.24) is 20.0 Å². The Morgan fingerprint density at radius 2 is 1.84 bits per heavy atom. The SMILES string of the molecule is O=CN1CCCCC1c1ccc(-c2nc(-c3ccncc3)no2)cc1. The molecule has 6 heteroatoms. The number of aromatic nitrogens is 3. The number of carbonyl (C=O) groups excluding carboxylic acids is 1. The Labute approximate surface area is 145 Å². The average Bonchev–Trinajstić information content (AvgIpc) is 3.19. The van der Waals surface area contributed by atoms with Gasteiger partial charge in [-0.2, -0.15) is 4.98 Å². The number of nitrogens with zero attached hydrogens (tertiary/aromatic N) is 4. The Balaban J connectivity index is 1.56. The fourth-order valence-corrected chi connectivity index (χ4v) is 3.24. The molecule has 3 heterocycles. The number of carbonyl (C=O) groups is 1. The molecule has 1 amide bonds. The van der Waals surface area contributed by atoms with Crippen LogP contribution < -0.4 is 0 Å². The highest BCUT2D eigenvalue weighted by molar-refractivity contribution is 5.59. The molecule has 1 aliphatic heterocycles. The van der Waals surface area contributed by atoms with E-state index in [-0.39, 0.29) is 6.04 Å². The van der Waals surface area contributed by atoms with Gasteiger partial charge in [0.25, 0.3) is 5.89 Å². The Morgan fingerprint density at radius 1 is 1.04 bits per heavy atom. The molecule has 1 atom stereocenters. The molecule has 6 nitrogen and oxygen atoms in total. The van der Waals surface area contributed by atoms with Crippen LogP contribution in [0.5, 0.6) is 0 Å². The molecule has 0 bridgehead atoms. The largest absolute Gasteiger partial charge is 0.338 e. The van der Waals surface area contributed by atoms with E-state index in [0.717, 1.165) is 48.9 Å². The maximum Gasteiger partial charge on any atom is 0.258 e. The molecule has 2 aromatic heterocycles. The molecule has 25 heavy (non-hydrogen) atoms. The number of rotatable bonds is 4. The normalized spacial score (nSPS) is 17.4. The van der Waals surface area contributed by atoms with Crippen molar-refractivity contribution in [3.05, 3.63) is 54.4 Å². The van der Waals surface area contributed by atoms with Gasteiger partial charge in [0.15, 0.2) is 0 Å². The minimum atomic E-state index is 0.162. The third-order valence-corrected chi connectivity index (χ3v) is 4.59. The van der Waals surface area contributed by atoms with E-state index in [4.69, 9.17) is 4.52 Å². The van der Waals surface area contributed by atoms with E-state index < -0.39 is 0 Å². The van der Waals surface area contributed by atoms with Crippen LogP contribution in [0.15, 0.2) is 53.3 Å². The highest BCUT2D eigenvalue weighted by atomic mass is 16.5. The summed E-state index contributed by atoms with van der Waals surface area (Å²) in [7, 11) is 0. The van der Waals surface area contributed by atoms with Gasteiger partial charge >= 0.3 is 0 Å². The summed E-state index contributed by atoms with van der Waals surface area (Å²) in [5.74, 6) is 1.02.